The normalized spacial score (nSPS) is 14.0. The van der Waals surface area contributed by atoms with E-state index in [1.165, 1.54) is 148 Å². The van der Waals surface area contributed by atoms with Gasteiger partial charge in [0.15, 0.2) is 0 Å². The molecule has 0 bridgehead atoms. The fourth-order valence-corrected chi connectivity index (χ4v) is 9.55. The summed E-state index contributed by atoms with van der Waals surface area (Å²) in [6, 6.07) is -0.892. The molecule has 3 unspecified atom stereocenters. The average Bonchev–Trinajstić information content (AvgIpc) is 3.34. The molecule has 3 atom stereocenters. The number of likely N-dealkylation sites (N-methyl/N-ethyl adjacent to an activating group) is 1. The maximum Gasteiger partial charge on any atom is 0.306 e. The number of nitrogens with zero attached hydrogens (tertiary/aromatic N) is 1. The number of unbranched alkanes of at least 4 members (excludes halogenated alkanes) is 33. The van der Waals surface area contributed by atoms with E-state index in [0.717, 1.165) is 103 Å². The van der Waals surface area contributed by atoms with Crippen molar-refractivity contribution in [2.45, 2.75) is 296 Å². The molecule has 9 nitrogen and oxygen atoms in total. The lowest BCUT2D eigenvalue weighted by Gasteiger charge is -2.30. The number of hydrogen-bond donors (Lipinski definition) is 1. The molecule has 0 heterocycles. The molecule has 0 aromatic carbocycles. The zero-order valence-corrected chi connectivity index (χ0v) is 49.0. The summed E-state index contributed by atoms with van der Waals surface area (Å²) >= 11 is 0. The highest BCUT2D eigenvalue weighted by atomic mass is 31.2. The predicted octanol–water partition coefficient (Wildman–Crippen LogP) is 17.9. The number of rotatable bonds is 55. The number of nitrogens with one attached hydrogen (secondary N) is 1. The molecule has 1 N–H and O–H groups in total. The summed E-state index contributed by atoms with van der Waals surface area (Å²) < 4.78 is 30.3. The molecule has 0 spiro atoms. The molecule has 0 saturated heterocycles. The van der Waals surface area contributed by atoms with Crippen molar-refractivity contribution in [2.75, 3.05) is 40.9 Å². The first-order valence-electron chi connectivity index (χ1n) is 30.4. The SMILES string of the molecule is CC/C=C/C/C=C/C/C=C/CCCCCCCCC(=O)NC(COP(=O)([O-])OCC[N+](C)(C)C)C(/C=C/CCCCCCCCCCCCC)OC(=O)CCCCCCCCCCCCCCCCCCC. The van der Waals surface area contributed by atoms with Crippen molar-refractivity contribution < 1.29 is 37.3 Å². The average molecular weight is 1030 g/mol. The van der Waals surface area contributed by atoms with Crippen molar-refractivity contribution in [3.8, 4) is 0 Å². The number of hydrogen-bond acceptors (Lipinski definition) is 7. The van der Waals surface area contributed by atoms with Crippen LogP contribution in [0.1, 0.15) is 284 Å². The van der Waals surface area contributed by atoms with Gasteiger partial charge in [0.25, 0.3) is 7.82 Å². The van der Waals surface area contributed by atoms with Gasteiger partial charge < -0.3 is 28.5 Å². The van der Waals surface area contributed by atoms with E-state index >= 15 is 0 Å². The quantitative estimate of drug-likeness (QED) is 0.0212. The molecule has 0 aromatic rings. The monoisotopic (exact) mass is 1030 g/mol. The molecule has 0 aliphatic rings. The molecule has 422 valence electrons. The predicted molar refractivity (Wildman–Crippen MR) is 307 cm³/mol. The Hall–Kier alpha value is -2.03. The molecular weight excluding hydrogens is 916 g/mol. The summed E-state index contributed by atoms with van der Waals surface area (Å²) in [5.41, 5.74) is 0. The van der Waals surface area contributed by atoms with Crippen molar-refractivity contribution in [1.29, 1.82) is 0 Å². The van der Waals surface area contributed by atoms with Gasteiger partial charge in [-0.2, -0.15) is 0 Å². The van der Waals surface area contributed by atoms with Crippen LogP contribution in [-0.4, -0.2) is 69.4 Å². The molecule has 0 radical (unpaired) electrons. The maximum absolute atomic E-state index is 13.5. The molecular formula is C62H117N2O7P. The van der Waals surface area contributed by atoms with Crippen LogP contribution in [0.3, 0.4) is 0 Å². The van der Waals surface area contributed by atoms with Gasteiger partial charge in [0.2, 0.25) is 5.91 Å². The van der Waals surface area contributed by atoms with Crippen LogP contribution >= 0.6 is 7.82 Å². The highest BCUT2D eigenvalue weighted by Crippen LogP contribution is 2.38. The van der Waals surface area contributed by atoms with E-state index in [-0.39, 0.29) is 24.9 Å². The van der Waals surface area contributed by atoms with Crippen LogP contribution in [0.5, 0.6) is 0 Å². The third-order valence-electron chi connectivity index (χ3n) is 13.5. The second-order valence-electron chi connectivity index (χ2n) is 21.8. The maximum atomic E-state index is 13.5. The van der Waals surface area contributed by atoms with Gasteiger partial charge in [0.05, 0.1) is 33.8 Å². The van der Waals surface area contributed by atoms with E-state index in [1.54, 1.807) is 0 Å². The zero-order valence-electron chi connectivity index (χ0n) is 48.1. The lowest BCUT2D eigenvalue weighted by molar-refractivity contribution is -0.870. The zero-order chi connectivity index (χ0) is 52.9. The number of ether oxygens (including phenoxy) is 1. The number of phosphoric acid groups is 1. The fourth-order valence-electron chi connectivity index (χ4n) is 8.83. The molecule has 0 saturated carbocycles. The standard InChI is InChI=1S/C62H117N2O7P/c1-7-10-13-16-19-22-25-28-30-32-34-37-40-43-46-49-52-55-62(66)71-60(53-50-47-44-41-38-35-27-24-21-18-15-12-9-3)59(58-70-72(67,68)69-57-56-64(4,5)6)63-61(65)54-51-48-45-42-39-36-33-31-29-26-23-20-17-14-11-8-2/h11,14,20,23,29,31,50,53,59-60H,7-10,12-13,15-19,21-22,24-28,30,32-49,51-52,54-58H2,1-6H3,(H-,63,65,67,68)/b14-11+,23-20+,31-29+,53-50+. The van der Waals surface area contributed by atoms with Gasteiger partial charge in [0, 0.05) is 12.8 Å². The largest absolute Gasteiger partial charge is 0.756 e. The second kappa shape index (κ2) is 52.4. The molecule has 0 rings (SSSR count). The Kier molecular flexibility index (Phi) is 50.9. The highest BCUT2D eigenvalue weighted by Gasteiger charge is 2.27. The number of esters is 1. The third-order valence-corrected chi connectivity index (χ3v) is 14.5. The first kappa shape index (κ1) is 70.0. The van der Waals surface area contributed by atoms with Gasteiger partial charge in [-0.25, -0.2) is 0 Å². The van der Waals surface area contributed by atoms with E-state index in [0.29, 0.717) is 17.4 Å². The minimum Gasteiger partial charge on any atom is -0.756 e. The summed E-state index contributed by atoms with van der Waals surface area (Å²) in [4.78, 5) is 39.9. The van der Waals surface area contributed by atoms with E-state index < -0.39 is 26.6 Å². The number of carbonyl (C=O) groups is 2. The number of amides is 1. The van der Waals surface area contributed by atoms with Crippen LogP contribution in [0.2, 0.25) is 0 Å². The Morgan fingerprint density at radius 1 is 0.500 bits per heavy atom. The summed E-state index contributed by atoms with van der Waals surface area (Å²) in [5.74, 6) is -0.546. The van der Waals surface area contributed by atoms with Crippen molar-refractivity contribution in [2.24, 2.45) is 0 Å². The molecule has 0 fully saturated rings. The van der Waals surface area contributed by atoms with Crippen LogP contribution in [0.4, 0.5) is 0 Å². The third kappa shape index (κ3) is 52.8. The van der Waals surface area contributed by atoms with Crippen LogP contribution in [-0.2, 0) is 27.9 Å². The Bertz CT molecular complexity index is 1380. The summed E-state index contributed by atoms with van der Waals surface area (Å²) in [6.07, 6.45) is 63.5. The van der Waals surface area contributed by atoms with Crippen molar-refractivity contribution in [3.63, 3.8) is 0 Å². The molecule has 10 heteroatoms. The van der Waals surface area contributed by atoms with E-state index in [9.17, 15) is 19.0 Å². The lowest BCUT2D eigenvalue weighted by atomic mass is 10.0. The van der Waals surface area contributed by atoms with Gasteiger partial charge >= 0.3 is 5.97 Å². The minimum atomic E-state index is -4.70. The van der Waals surface area contributed by atoms with E-state index in [2.05, 4.69) is 62.5 Å². The van der Waals surface area contributed by atoms with Gasteiger partial charge in [-0.05, 0) is 63.9 Å². The van der Waals surface area contributed by atoms with Gasteiger partial charge in [-0.1, -0.05) is 256 Å². The van der Waals surface area contributed by atoms with Gasteiger partial charge in [0.1, 0.15) is 19.3 Å². The highest BCUT2D eigenvalue weighted by molar-refractivity contribution is 7.45. The van der Waals surface area contributed by atoms with Crippen molar-refractivity contribution >= 4 is 19.7 Å². The Balaban J connectivity index is 5.31. The number of allylic oxidation sites excluding steroid dienone is 7. The second-order valence-corrected chi connectivity index (χ2v) is 23.2. The first-order valence-corrected chi connectivity index (χ1v) is 31.9. The minimum absolute atomic E-state index is 0.0241. The fraction of sp³-hybridized carbons (Fsp3) is 0.839. The Labute approximate surface area is 446 Å². The van der Waals surface area contributed by atoms with Gasteiger partial charge in [-0.3, -0.25) is 14.2 Å². The number of phosphoric ester groups is 1. The number of carbonyl (C=O) groups excluding carboxylic acids is 2. The molecule has 1 amide bonds. The Morgan fingerprint density at radius 2 is 0.889 bits per heavy atom. The lowest BCUT2D eigenvalue weighted by Crippen LogP contribution is -2.47. The van der Waals surface area contributed by atoms with Crippen LogP contribution < -0.4 is 10.2 Å². The van der Waals surface area contributed by atoms with Crippen LogP contribution in [0, 0.1) is 0 Å². The van der Waals surface area contributed by atoms with Gasteiger partial charge in [-0.15, -0.1) is 0 Å². The smallest absolute Gasteiger partial charge is 0.306 e. The Morgan fingerprint density at radius 3 is 1.33 bits per heavy atom. The van der Waals surface area contributed by atoms with E-state index in [4.69, 9.17) is 13.8 Å². The van der Waals surface area contributed by atoms with Crippen LogP contribution in [0.15, 0.2) is 48.6 Å². The number of quaternary nitrogens is 1. The van der Waals surface area contributed by atoms with Crippen LogP contribution in [0.25, 0.3) is 0 Å². The molecule has 0 aliphatic heterocycles. The van der Waals surface area contributed by atoms with E-state index in [1.807, 2.05) is 33.3 Å². The van der Waals surface area contributed by atoms with Crippen molar-refractivity contribution in [1.82, 2.24) is 5.32 Å². The molecule has 72 heavy (non-hydrogen) atoms. The molecule has 0 aromatic heterocycles. The molecule has 0 aliphatic carbocycles. The summed E-state index contributed by atoms with van der Waals surface area (Å²) in [7, 11) is 1.18. The first-order chi connectivity index (χ1) is 34.9. The topological polar surface area (TPSA) is 114 Å². The summed E-state index contributed by atoms with van der Waals surface area (Å²) in [6.45, 7) is 6.75. The summed E-state index contributed by atoms with van der Waals surface area (Å²) in [5, 5.41) is 3.02. The van der Waals surface area contributed by atoms with Crippen molar-refractivity contribution in [3.05, 3.63) is 48.6 Å².